The molecule has 28 heavy (non-hydrogen) atoms. The van der Waals surface area contributed by atoms with Crippen LogP contribution in [0.3, 0.4) is 0 Å². The van der Waals surface area contributed by atoms with Gasteiger partial charge in [-0.1, -0.05) is 26.0 Å². The molecule has 1 aromatic carbocycles. The molecule has 0 aliphatic carbocycles. The van der Waals surface area contributed by atoms with Gasteiger partial charge in [-0.15, -0.1) is 11.8 Å². The van der Waals surface area contributed by atoms with Gasteiger partial charge < -0.3 is 15.2 Å². The van der Waals surface area contributed by atoms with Crippen molar-refractivity contribution in [3.63, 3.8) is 0 Å². The average molecular weight is 400 g/mol. The normalized spacial score (nSPS) is 16.9. The molecule has 1 atom stereocenters. The Morgan fingerprint density at radius 3 is 2.82 bits per heavy atom. The van der Waals surface area contributed by atoms with E-state index in [1.807, 2.05) is 43.5 Å². The van der Waals surface area contributed by atoms with Crippen LogP contribution in [0.15, 0.2) is 46.2 Å². The summed E-state index contributed by atoms with van der Waals surface area (Å²) in [5, 5.41) is 6.74. The number of carbonyl (C=O) groups is 1. The molecule has 0 radical (unpaired) electrons. The average Bonchev–Trinajstić information content (AvgIpc) is 2.66. The number of benzene rings is 1. The lowest BCUT2D eigenvalue weighted by Crippen LogP contribution is -2.36. The van der Waals surface area contributed by atoms with Crippen molar-refractivity contribution in [2.24, 2.45) is 5.92 Å². The van der Waals surface area contributed by atoms with Crippen LogP contribution in [-0.4, -0.2) is 28.8 Å². The van der Waals surface area contributed by atoms with E-state index in [2.05, 4.69) is 24.5 Å². The van der Waals surface area contributed by atoms with Crippen molar-refractivity contribution in [3.05, 3.63) is 58.0 Å². The van der Waals surface area contributed by atoms with Gasteiger partial charge in [0.1, 0.15) is 5.56 Å². The highest BCUT2D eigenvalue weighted by atomic mass is 32.2. The first-order chi connectivity index (χ1) is 13.5. The van der Waals surface area contributed by atoms with Crippen molar-refractivity contribution < 1.29 is 4.79 Å². The van der Waals surface area contributed by atoms with Gasteiger partial charge in [0.25, 0.3) is 11.5 Å². The number of carbonyl (C=O) groups excluding carboxylic acids is 1. The van der Waals surface area contributed by atoms with Crippen molar-refractivity contribution in [3.8, 4) is 0 Å². The number of nitrogens with zero attached hydrogens (tertiary/aromatic N) is 1. The van der Waals surface area contributed by atoms with Crippen LogP contribution in [0.25, 0.3) is 0 Å². The molecule has 6 heteroatoms. The first-order valence-corrected chi connectivity index (χ1v) is 10.8. The van der Waals surface area contributed by atoms with Crippen molar-refractivity contribution in [2.45, 2.75) is 50.3 Å². The van der Waals surface area contributed by atoms with Crippen LogP contribution in [0.5, 0.6) is 0 Å². The molecule has 0 spiro atoms. The smallest absolute Gasteiger partial charge is 0.263 e. The van der Waals surface area contributed by atoms with Crippen LogP contribution in [0.2, 0.25) is 0 Å². The van der Waals surface area contributed by atoms with Crippen LogP contribution in [0, 0.1) is 12.8 Å². The number of aryl methyl sites for hydroxylation is 1. The van der Waals surface area contributed by atoms with E-state index in [9.17, 15) is 9.59 Å². The fraction of sp³-hybridized carbons (Fsp3) is 0.455. The zero-order chi connectivity index (χ0) is 20.1. The van der Waals surface area contributed by atoms with E-state index in [0.29, 0.717) is 23.3 Å². The summed E-state index contributed by atoms with van der Waals surface area (Å²) in [5.41, 5.74) is 1.47. The van der Waals surface area contributed by atoms with Gasteiger partial charge in [0, 0.05) is 22.9 Å². The van der Waals surface area contributed by atoms with Gasteiger partial charge >= 0.3 is 0 Å². The van der Waals surface area contributed by atoms with Gasteiger partial charge in [0.2, 0.25) is 0 Å². The van der Waals surface area contributed by atoms with E-state index in [1.54, 1.807) is 16.3 Å². The van der Waals surface area contributed by atoms with Crippen LogP contribution in [-0.2, 0) is 6.54 Å². The number of para-hydroxylation sites is 1. The van der Waals surface area contributed by atoms with E-state index in [0.717, 1.165) is 36.5 Å². The number of thioether (sulfide) groups is 1. The molecule has 1 aromatic heterocycles. The SMILES string of the molecule is Cc1ccn(CC2CCCNC2)c(=O)c1C(=O)Nc1ccccc1SC(C)C. The number of pyridine rings is 1. The number of hydrogen-bond acceptors (Lipinski definition) is 4. The Morgan fingerprint density at radius 1 is 1.32 bits per heavy atom. The summed E-state index contributed by atoms with van der Waals surface area (Å²) in [7, 11) is 0. The lowest BCUT2D eigenvalue weighted by atomic mass is 9.99. The molecule has 3 rings (SSSR count). The molecule has 1 fully saturated rings. The first-order valence-electron chi connectivity index (χ1n) is 9.93. The van der Waals surface area contributed by atoms with Gasteiger partial charge in [-0.2, -0.15) is 0 Å². The number of hydrogen-bond donors (Lipinski definition) is 2. The maximum absolute atomic E-state index is 13.0. The van der Waals surface area contributed by atoms with Crippen LogP contribution >= 0.6 is 11.8 Å². The van der Waals surface area contributed by atoms with Crippen molar-refractivity contribution in [1.82, 2.24) is 9.88 Å². The Bertz CT molecular complexity index is 886. The van der Waals surface area contributed by atoms with E-state index in [4.69, 9.17) is 0 Å². The molecule has 1 aliphatic heterocycles. The number of piperidine rings is 1. The van der Waals surface area contributed by atoms with Crippen LogP contribution in [0.1, 0.15) is 42.6 Å². The molecule has 1 aliphatic rings. The highest BCUT2D eigenvalue weighted by molar-refractivity contribution is 8.00. The van der Waals surface area contributed by atoms with Gasteiger partial charge in [0.05, 0.1) is 5.69 Å². The maximum Gasteiger partial charge on any atom is 0.263 e. The third-order valence-corrected chi connectivity index (χ3v) is 6.03. The second kappa shape index (κ2) is 9.43. The predicted octanol–water partition coefficient (Wildman–Crippen LogP) is 3.91. The first kappa shape index (κ1) is 20.7. The minimum Gasteiger partial charge on any atom is -0.321 e. The molecule has 150 valence electrons. The third kappa shape index (κ3) is 5.06. The Labute approximate surface area is 170 Å². The molecular weight excluding hydrogens is 370 g/mol. The molecule has 2 aromatic rings. The molecule has 1 amide bonds. The van der Waals surface area contributed by atoms with Gasteiger partial charge in [-0.3, -0.25) is 9.59 Å². The van der Waals surface area contributed by atoms with Crippen molar-refractivity contribution >= 4 is 23.4 Å². The number of anilines is 1. The Balaban J connectivity index is 1.84. The number of aromatic nitrogens is 1. The molecule has 2 heterocycles. The second-order valence-electron chi connectivity index (χ2n) is 7.66. The largest absolute Gasteiger partial charge is 0.321 e. The van der Waals surface area contributed by atoms with Crippen molar-refractivity contribution in [2.75, 3.05) is 18.4 Å². The number of rotatable bonds is 6. The standard InChI is InChI=1S/C22H29N3O2S/c1-15(2)28-19-9-5-4-8-18(19)24-21(26)20-16(3)10-12-25(22(20)27)14-17-7-6-11-23-13-17/h4-5,8-10,12,15,17,23H,6-7,11,13-14H2,1-3H3,(H,24,26). The monoisotopic (exact) mass is 399 g/mol. The minimum absolute atomic E-state index is 0.211. The molecule has 0 bridgehead atoms. The van der Waals surface area contributed by atoms with Gasteiger partial charge in [0.15, 0.2) is 0 Å². The lowest BCUT2D eigenvalue weighted by molar-refractivity contribution is 0.102. The van der Waals surface area contributed by atoms with Crippen molar-refractivity contribution in [1.29, 1.82) is 0 Å². The molecule has 5 nitrogen and oxygen atoms in total. The Morgan fingerprint density at radius 2 is 2.11 bits per heavy atom. The van der Waals surface area contributed by atoms with E-state index < -0.39 is 0 Å². The lowest BCUT2D eigenvalue weighted by Gasteiger charge is -2.23. The molecule has 0 saturated carbocycles. The maximum atomic E-state index is 13.0. The van der Waals surface area contributed by atoms with Gasteiger partial charge in [-0.25, -0.2) is 0 Å². The second-order valence-corrected chi connectivity index (χ2v) is 9.28. The molecule has 1 unspecified atom stereocenters. The third-order valence-electron chi connectivity index (χ3n) is 4.95. The summed E-state index contributed by atoms with van der Waals surface area (Å²) >= 11 is 1.69. The zero-order valence-electron chi connectivity index (χ0n) is 16.8. The fourth-order valence-corrected chi connectivity index (χ4v) is 4.47. The highest BCUT2D eigenvalue weighted by Gasteiger charge is 2.20. The summed E-state index contributed by atoms with van der Waals surface area (Å²) in [6, 6.07) is 9.59. The minimum atomic E-state index is -0.338. The fourth-order valence-electron chi connectivity index (χ4n) is 3.55. The predicted molar refractivity (Wildman–Crippen MR) is 116 cm³/mol. The van der Waals surface area contributed by atoms with E-state index in [-0.39, 0.29) is 17.0 Å². The summed E-state index contributed by atoms with van der Waals surface area (Å²) in [4.78, 5) is 27.0. The number of nitrogens with one attached hydrogen (secondary N) is 2. The molecule has 2 N–H and O–H groups in total. The van der Waals surface area contributed by atoms with E-state index in [1.165, 1.54) is 0 Å². The zero-order valence-corrected chi connectivity index (χ0v) is 17.6. The Hall–Kier alpha value is -2.05. The van der Waals surface area contributed by atoms with Crippen LogP contribution in [0.4, 0.5) is 5.69 Å². The summed E-state index contributed by atoms with van der Waals surface area (Å²) < 4.78 is 1.69. The Kier molecular flexibility index (Phi) is 6.97. The van der Waals surface area contributed by atoms with Gasteiger partial charge in [-0.05, 0) is 62.5 Å². The van der Waals surface area contributed by atoms with E-state index >= 15 is 0 Å². The molecular formula is C22H29N3O2S. The topological polar surface area (TPSA) is 63.1 Å². The highest BCUT2D eigenvalue weighted by Crippen LogP contribution is 2.30. The summed E-state index contributed by atoms with van der Waals surface area (Å²) in [6.07, 6.45) is 4.04. The number of amides is 1. The summed E-state index contributed by atoms with van der Waals surface area (Å²) in [5.74, 6) is 0.0867. The quantitative estimate of drug-likeness (QED) is 0.723. The molecule has 1 saturated heterocycles. The van der Waals surface area contributed by atoms with Crippen LogP contribution < -0.4 is 16.2 Å². The summed E-state index contributed by atoms with van der Waals surface area (Å²) in [6.45, 7) is 8.65.